The highest BCUT2D eigenvalue weighted by Crippen LogP contribution is 2.23. The van der Waals surface area contributed by atoms with Crippen molar-refractivity contribution in [3.05, 3.63) is 59.2 Å². The molecule has 2 aliphatic rings. The summed E-state index contributed by atoms with van der Waals surface area (Å²) in [6, 6.07) is 14.1. The van der Waals surface area contributed by atoms with Crippen LogP contribution in [0.5, 0.6) is 5.75 Å². The van der Waals surface area contributed by atoms with E-state index in [1.165, 1.54) is 24.0 Å². The molecule has 0 spiro atoms. The molecule has 0 saturated carbocycles. The van der Waals surface area contributed by atoms with Crippen LogP contribution >= 0.6 is 0 Å². The van der Waals surface area contributed by atoms with Crippen LogP contribution in [0.25, 0.3) is 0 Å². The molecule has 0 radical (unpaired) electrons. The quantitative estimate of drug-likeness (QED) is 0.683. The Labute approximate surface area is 178 Å². The molecule has 0 bridgehead atoms. The van der Waals surface area contributed by atoms with Gasteiger partial charge in [-0.1, -0.05) is 12.1 Å². The van der Waals surface area contributed by atoms with Crippen LogP contribution in [0.4, 0.5) is 5.69 Å². The van der Waals surface area contributed by atoms with Gasteiger partial charge in [0.25, 0.3) is 0 Å². The lowest BCUT2D eigenvalue weighted by Crippen LogP contribution is -2.48. The number of aryl methyl sites for hydroxylation is 2. The monoisotopic (exact) mass is 406 g/mol. The summed E-state index contributed by atoms with van der Waals surface area (Å²) in [6.45, 7) is 2.99. The fraction of sp³-hybridized carbons (Fsp3) is 0.440. The maximum Gasteiger partial charge on any atom is 0.223 e. The number of carbonyl (C=O) groups excluding carboxylic acids is 2. The molecule has 0 unspecified atom stereocenters. The van der Waals surface area contributed by atoms with Crippen LogP contribution in [-0.2, 0) is 17.6 Å². The van der Waals surface area contributed by atoms with Gasteiger partial charge in [0.05, 0.1) is 7.11 Å². The third kappa shape index (κ3) is 4.66. The number of amides is 1. The number of benzene rings is 2. The third-order valence-electron chi connectivity index (χ3n) is 6.31. The Hall–Kier alpha value is -2.82. The van der Waals surface area contributed by atoms with E-state index in [0.717, 1.165) is 42.9 Å². The number of ether oxygens (including phenoxy) is 1. The summed E-state index contributed by atoms with van der Waals surface area (Å²) in [5, 5.41) is 0. The first-order valence-corrected chi connectivity index (χ1v) is 11.0. The zero-order chi connectivity index (χ0) is 20.9. The predicted octanol–water partition coefficient (Wildman–Crippen LogP) is 3.89. The number of nitrogens with zero attached hydrogens (tertiary/aromatic N) is 2. The zero-order valence-corrected chi connectivity index (χ0v) is 17.7. The molecule has 1 fully saturated rings. The second-order valence-electron chi connectivity index (χ2n) is 8.18. The number of anilines is 1. The van der Waals surface area contributed by atoms with Crippen molar-refractivity contribution in [3.63, 3.8) is 0 Å². The van der Waals surface area contributed by atoms with Gasteiger partial charge in [-0.25, -0.2) is 0 Å². The largest absolute Gasteiger partial charge is 0.497 e. The molecule has 2 aromatic carbocycles. The number of hydrogen-bond donors (Lipinski definition) is 0. The van der Waals surface area contributed by atoms with E-state index in [1.807, 2.05) is 35.2 Å². The van der Waals surface area contributed by atoms with Gasteiger partial charge in [0.15, 0.2) is 5.78 Å². The van der Waals surface area contributed by atoms with Gasteiger partial charge < -0.3 is 14.5 Å². The van der Waals surface area contributed by atoms with E-state index in [0.29, 0.717) is 19.5 Å². The molecule has 30 heavy (non-hydrogen) atoms. The van der Waals surface area contributed by atoms with Crippen molar-refractivity contribution >= 4 is 17.4 Å². The number of Topliss-reactive ketones (excluding diaryl/α,β-unsaturated/α-hetero) is 1. The molecule has 1 aliphatic heterocycles. The lowest BCUT2D eigenvalue weighted by Gasteiger charge is -2.36. The number of carbonyl (C=O) groups is 2. The van der Waals surface area contributed by atoms with Gasteiger partial charge in [0.2, 0.25) is 5.91 Å². The number of piperazine rings is 1. The highest BCUT2D eigenvalue weighted by atomic mass is 16.5. The van der Waals surface area contributed by atoms with E-state index in [2.05, 4.69) is 17.0 Å². The van der Waals surface area contributed by atoms with Crippen molar-refractivity contribution in [1.82, 2.24) is 4.90 Å². The van der Waals surface area contributed by atoms with Gasteiger partial charge >= 0.3 is 0 Å². The van der Waals surface area contributed by atoms with Crippen molar-refractivity contribution in [2.45, 2.75) is 38.5 Å². The molecule has 1 heterocycles. The SMILES string of the molecule is COc1ccc(N2CCN(C(=O)CCC(=O)c3ccc4c(c3)CCCC4)CC2)cc1. The summed E-state index contributed by atoms with van der Waals surface area (Å²) in [5.74, 6) is 1.00. The third-order valence-corrected chi connectivity index (χ3v) is 6.31. The van der Waals surface area contributed by atoms with Crippen molar-refractivity contribution in [3.8, 4) is 5.75 Å². The first kappa shape index (κ1) is 20.5. The second-order valence-corrected chi connectivity index (χ2v) is 8.18. The van der Waals surface area contributed by atoms with E-state index >= 15 is 0 Å². The number of ketones is 1. The summed E-state index contributed by atoms with van der Waals surface area (Å²) in [4.78, 5) is 29.4. The maximum atomic E-state index is 12.6. The molecule has 158 valence electrons. The number of methoxy groups -OCH3 is 1. The van der Waals surface area contributed by atoms with E-state index in [9.17, 15) is 9.59 Å². The zero-order valence-electron chi connectivity index (χ0n) is 17.7. The van der Waals surface area contributed by atoms with E-state index in [-0.39, 0.29) is 18.1 Å². The molecule has 1 saturated heterocycles. The fourth-order valence-electron chi connectivity index (χ4n) is 4.44. The fourth-order valence-corrected chi connectivity index (χ4v) is 4.44. The topological polar surface area (TPSA) is 49.9 Å². The molecular formula is C25H30N2O3. The molecule has 5 heteroatoms. The molecule has 1 aliphatic carbocycles. The predicted molar refractivity (Wildman–Crippen MR) is 118 cm³/mol. The number of hydrogen-bond acceptors (Lipinski definition) is 4. The lowest BCUT2D eigenvalue weighted by atomic mass is 9.89. The van der Waals surface area contributed by atoms with Gasteiger partial charge in [-0.3, -0.25) is 9.59 Å². The summed E-state index contributed by atoms with van der Waals surface area (Å²) in [7, 11) is 1.66. The highest BCUT2D eigenvalue weighted by Gasteiger charge is 2.22. The average Bonchev–Trinajstić information content (AvgIpc) is 2.82. The number of fused-ring (bicyclic) bond motifs is 1. The molecular weight excluding hydrogens is 376 g/mol. The number of rotatable bonds is 6. The first-order chi connectivity index (χ1) is 14.6. The van der Waals surface area contributed by atoms with Crippen LogP contribution in [0, 0.1) is 0 Å². The van der Waals surface area contributed by atoms with Gasteiger partial charge in [-0.2, -0.15) is 0 Å². The molecule has 0 N–H and O–H groups in total. The van der Waals surface area contributed by atoms with Crippen molar-refractivity contribution in [2.24, 2.45) is 0 Å². The second kappa shape index (κ2) is 9.33. The van der Waals surface area contributed by atoms with Gasteiger partial charge in [-0.05, 0) is 67.1 Å². The van der Waals surface area contributed by atoms with E-state index in [4.69, 9.17) is 4.74 Å². The normalized spacial score (nSPS) is 16.2. The Morgan fingerprint density at radius 1 is 0.867 bits per heavy atom. The Balaban J connectivity index is 1.26. The van der Waals surface area contributed by atoms with Gasteiger partial charge in [0, 0.05) is 50.3 Å². The highest BCUT2D eigenvalue weighted by molar-refractivity contribution is 5.98. The summed E-state index contributed by atoms with van der Waals surface area (Å²) >= 11 is 0. The Morgan fingerprint density at radius 3 is 2.27 bits per heavy atom. The first-order valence-electron chi connectivity index (χ1n) is 11.0. The summed E-state index contributed by atoms with van der Waals surface area (Å²) < 4.78 is 5.21. The minimum Gasteiger partial charge on any atom is -0.497 e. The van der Waals surface area contributed by atoms with Crippen LogP contribution in [0.3, 0.4) is 0 Å². The maximum absolute atomic E-state index is 12.6. The van der Waals surface area contributed by atoms with Gasteiger partial charge in [-0.15, -0.1) is 0 Å². The standard InChI is InChI=1S/C25H30N2O3/c1-30-23-10-8-22(9-11-23)26-14-16-27(17-15-26)25(29)13-12-24(28)21-7-6-19-4-2-3-5-20(19)18-21/h6-11,18H,2-5,12-17H2,1H3. The molecule has 0 atom stereocenters. The van der Waals surface area contributed by atoms with Crippen molar-refractivity contribution in [1.29, 1.82) is 0 Å². The molecule has 5 nitrogen and oxygen atoms in total. The van der Waals surface area contributed by atoms with Crippen LogP contribution < -0.4 is 9.64 Å². The molecule has 4 rings (SSSR count). The van der Waals surface area contributed by atoms with Crippen LogP contribution in [0.1, 0.15) is 47.2 Å². The van der Waals surface area contributed by atoms with Crippen molar-refractivity contribution < 1.29 is 14.3 Å². The summed E-state index contributed by atoms with van der Waals surface area (Å²) in [6.07, 6.45) is 5.19. The van der Waals surface area contributed by atoms with Crippen LogP contribution in [0.2, 0.25) is 0 Å². The van der Waals surface area contributed by atoms with E-state index < -0.39 is 0 Å². The molecule has 0 aromatic heterocycles. The average molecular weight is 407 g/mol. The van der Waals surface area contributed by atoms with Crippen molar-refractivity contribution in [2.75, 3.05) is 38.2 Å². The smallest absolute Gasteiger partial charge is 0.223 e. The minimum atomic E-state index is 0.0774. The Bertz CT molecular complexity index is 899. The Morgan fingerprint density at radius 2 is 1.57 bits per heavy atom. The van der Waals surface area contributed by atoms with E-state index in [1.54, 1.807) is 7.11 Å². The summed E-state index contributed by atoms with van der Waals surface area (Å²) in [5.41, 5.74) is 4.59. The van der Waals surface area contributed by atoms with Gasteiger partial charge in [0.1, 0.15) is 5.75 Å². The van der Waals surface area contributed by atoms with Crippen LogP contribution in [0.15, 0.2) is 42.5 Å². The minimum absolute atomic E-state index is 0.0774. The lowest BCUT2D eigenvalue weighted by molar-refractivity contribution is -0.131. The van der Waals surface area contributed by atoms with Crippen LogP contribution in [-0.4, -0.2) is 49.9 Å². The molecule has 2 aromatic rings. The Kier molecular flexibility index (Phi) is 6.36. The molecule has 1 amide bonds.